The Hall–Kier alpha value is -12.9. The number of carbonyl (C=O) groups excluding carboxylic acids is 11. The minimum atomic E-state index is -4.63. The van der Waals surface area contributed by atoms with Crippen LogP contribution >= 0.6 is 95.3 Å². The van der Waals surface area contributed by atoms with Gasteiger partial charge in [0.25, 0.3) is 5.91 Å². The standard InChI is InChI=1S/C15H15BrN2O3S.C15H17N3O2S.2C15H16N2O3S.C14H16N2OS.C11H9F3N4O3S2/c1-9-3-5-10(6-4-9)17-15(20)18-12-7-11(8-16)22-13(12)14(19)21-2;1-9-4-6-11(7-5-9)17-15(20)18-12-8-10(2)21-13(12)14(19)16-3;2*1-9-4-6-11(7-5-9)16-15(19)17-12-8-10(2)21-13(12)14(18)20-3;1-9-4-6-12(7-5-9)15-14(17)16-13-8-10(2)18-11(13)3;1-4-3-5(6(22-4)7(19)21-2)15-9(20)16-10-18-17-8(23-10)11(12,13)14/h3-7H,8H2,1-2H3,(H2,17,18,20);4-8H,1-3H3,(H,16,19)(H2,17,18,20);2*4-8H,1-3H3,(H2,16,17,19);4-8H,1-3H3,(H2,15,16,17);3H,1-2H3,(H2,15,16,18,20). The van der Waals surface area contributed by atoms with E-state index in [1.54, 1.807) is 49.6 Å². The number of carbonyl (C=O) groups is 11. The first-order chi connectivity index (χ1) is 59.7. The van der Waals surface area contributed by atoms with Crippen LogP contribution in [0.15, 0.2) is 158 Å². The second-order valence-corrected chi connectivity index (χ2v) is 35.7. The molecule has 7 heterocycles. The summed E-state index contributed by atoms with van der Waals surface area (Å²) in [5, 5.41) is 39.6. The lowest BCUT2D eigenvalue weighted by molar-refractivity contribution is -0.138. The van der Waals surface area contributed by atoms with Gasteiger partial charge in [-0.15, -0.1) is 78.2 Å². The summed E-state index contributed by atoms with van der Waals surface area (Å²) < 4.78 is 55.9. The number of amides is 13. The van der Waals surface area contributed by atoms with Crippen molar-refractivity contribution < 1.29 is 84.9 Å². The maximum atomic E-state index is 12.4. The number of thiophene rings is 6. The van der Waals surface area contributed by atoms with E-state index in [-0.39, 0.29) is 45.0 Å². The monoisotopic (exact) mass is 1920 g/mol. The fourth-order valence-electron chi connectivity index (χ4n) is 10.3. The molecule has 0 aliphatic rings. The van der Waals surface area contributed by atoms with E-state index in [1.165, 1.54) is 90.3 Å². The molecule has 13 N–H and O–H groups in total. The van der Waals surface area contributed by atoms with Crippen LogP contribution in [0.1, 0.15) is 115 Å². The average molecular weight is 1920 g/mol. The van der Waals surface area contributed by atoms with Gasteiger partial charge in [-0.3, -0.25) is 10.1 Å². The summed E-state index contributed by atoms with van der Waals surface area (Å²) in [4.78, 5) is 139. The normalized spacial score (nSPS) is 10.3. The molecule has 0 radical (unpaired) electrons. The number of nitrogens with one attached hydrogen (secondary N) is 13. The summed E-state index contributed by atoms with van der Waals surface area (Å²) in [5.74, 6) is -2.23. The van der Waals surface area contributed by atoms with Crippen molar-refractivity contribution in [2.24, 2.45) is 0 Å². The zero-order valence-electron chi connectivity index (χ0n) is 70.6. The fraction of sp³-hybridized carbons (Fsp3) is 0.212. The third kappa shape index (κ3) is 32.3. The highest BCUT2D eigenvalue weighted by Crippen LogP contribution is 2.36. The molecule has 0 unspecified atom stereocenters. The molecule has 0 fully saturated rings. The van der Waals surface area contributed by atoms with Crippen LogP contribution in [-0.4, -0.2) is 112 Å². The molecule has 0 saturated carbocycles. The number of anilines is 12. The predicted molar refractivity (Wildman–Crippen MR) is 502 cm³/mol. The minimum absolute atomic E-state index is 0.174. The largest absolute Gasteiger partial charge is 0.465 e. The van der Waals surface area contributed by atoms with Crippen molar-refractivity contribution in [3.05, 3.63) is 249 Å². The summed E-state index contributed by atoms with van der Waals surface area (Å²) in [6.07, 6.45) is -4.63. The van der Waals surface area contributed by atoms with E-state index in [4.69, 9.17) is 14.2 Å². The maximum absolute atomic E-state index is 12.4. The third-order valence-corrected chi connectivity index (χ3v) is 24.3. The number of hydrogen-bond donors (Lipinski definition) is 13. The molecule has 12 rings (SSSR count). The first kappa shape index (κ1) is 100. The minimum Gasteiger partial charge on any atom is -0.465 e. The molecule has 30 nitrogen and oxygen atoms in total. The zero-order chi connectivity index (χ0) is 92.6. The Morgan fingerprint density at radius 3 is 0.817 bits per heavy atom. The van der Waals surface area contributed by atoms with Gasteiger partial charge < -0.3 is 82.7 Å². The van der Waals surface area contributed by atoms with E-state index < -0.39 is 59.2 Å². The van der Waals surface area contributed by atoms with E-state index in [9.17, 15) is 65.9 Å². The van der Waals surface area contributed by atoms with Gasteiger partial charge in [-0.2, -0.15) is 13.2 Å². The van der Waals surface area contributed by atoms with Gasteiger partial charge in [0.05, 0.1) is 62.6 Å². The van der Waals surface area contributed by atoms with Crippen molar-refractivity contribution in [3.63, 3.8) is 0 Å². The molecule has 0 atom stereocenters. The average Bonchev–Trinajstić information content (AvgIpc) is 1.74. The summed E-state index contributed by atoms with van der Waals surface area (Å²) in [7, 11) is 6.70. The molecule has 0 aliphatic heterocycles. The Balaban J connectivity index is 0.000000208. The lowest BCUT2D eigenvalue weighted by Gasteiger charge is -2.08. The first-order valence-electron chi connectivity index (χ1n) is 37.2. The van der Waals surface area contributed by atoms with Crippen LogP contribution in [0.4, 0.5) is 110 Å². The Kier molecular flexibility index (Phi) is 38.5. The topological polar surface area (TPSA) is 407 Å². The van der Waals surface area contributed by atoms with Gasteiger partial charge in [0.15, 0.2) is 0 Å². The Morgan fingerprint density at radius 1 is 0.317 bits per heavy atom. The number of methoxy groups -OCH3 is 4. The lowest BCUT2D eigenvalue weighted by Crippen LogP contribution is -2.22. The quantitative estimate of drug-likeness (QED) is 0.0216. The number of esters is 4. The first-order valence-corrected chi connectivity index (χ1v) is 44.0. The maximum Gasteiger partial charge on any atom is 0.445 e. The number of urea groups is 6. The van der Waals surface area contributed by atoms with Crippen molar-refractivity contribution in [2.75, 3.05) is 99.3 Å². The number of halogens is 4. The molecular formula is C85H89BrF3N15O15S7. The van der Waals surface area contributed by atoms with Gasteiger partial charge in [0, 0.05) is 75.0 Å². The molecule has 5 aromatic carbocycles. The molecule has 0 bridgehead atoms. The number of ether oxygens (including phenoxy) is 4. The number of nitrogens with zero attached hydrogens (tertiary/aromatic N) is 2. The Labute approximate surface area is 759 Å². The molecule has 0 aliphatic carbocycles. The van der Waals surface area contributed by atoms with Crippen LogP contribution in [0, 0.1) is 76.2 Å². The smallest absolute Gasteiger partial charge is 0.445 e. The van der Waals surface area contributed by atoms with Gasteiger partial charge in [0.2, 0.25) is 10.1 Å². The van der Waals surface area contributed by atoms with Crippen LogP contribution < -0.4 is 69.1 Å². The fourth-order valence-corrected chi connectivity index (χ4v) is 16.7. The zero-order valence-corrected chi connectivity index (χ0v) is 77.9. The molecule has 7 aromatic heterocycles. The summed E-state index contributed by atoms with van der Waals surface area (Å²) in [6.45, 7) is 21.3. The highest BCUT2D eigenvalue weighted by molar-refractivity contribution is 9.08. The van der Waals surface area contributed by atoms with Gasteiger partial charge >= 0.3 is 66.2 Å². The predicted octanol–water partition coefficient (Wildman–Crippen LogP) is 23.0. The second kappa shape index (κ2) is 48.4. The van der Waals surface area contributed by atoms with Gasteiger partial charge in [0.1, 0.15) is 24.4 Å². The number of hydrogen-bond acceptors (Lipinski definition) is 24. The lowest BCUT2D eigenvalue weighted by atomic mass is 10.2. The van der Waals surface area contributed by atoms with Gasteiger partial charge in [-0.05, 0) is 173 Å². The highest BCUT2D eigenvalue weighted by atomic mass is 79.9. The molecule has 0 spiro atoms. The summed E-state index contributed by atoms with van der Waals surface area (Å²) in [5.41, 5.74) is 12.1. The van der Waals surface area contributed by atoms with E-state index in [1.807, 2.05) is 197 Å². The number of aryl methyl sites for hydroxylation is 11. The molecule has 0 saturated heterocycles. The number of rotatable bonds is 18. The van der Waals surface area contributed by atoms with Gasteiger partial charge in [-0.25, -0.2) is 47.9 Å². The molecular weight excluding hydrogens is 1830 g/mol. The van der Waals surface area contributed by atoms with E-state index in [0.717, 1.165) is 74.2 Å². The molecule has 13 amide bonds. The van der Waals surface area contributed by atoms with Crippen LogP contribution in [0.3, 0.4) is 0 Å². The van der Waals surface area contributed by atoms with Crippen LogP contribution in [0.25, 0.3) is 0 Å². The summed E-state index contributed by atoms with van der Waals surface area (Å²) >= 11 is 11.5. The van der Waals surface area contributed by atoms with Gasteiger partial charge in [-0.1, -0.05) is 116 Å². The Bertz CT molecular complexity index is 5510. The van der Waals surface area contributed by atoms with Crippen molar-refractivity contribution in [1.29, 1.82) is 0 Å². The van der Waals surface area contributed by atoms with Crippen molar-refractivity contribution in [1.82, 2.24) is 15.5 Å². The molecule has 126 heavy (non-hydrogen) atoms. The van der Waals surface area contributed by atoms with Crippen LogP contribution in [-0.2, 0) is 30.5 Å². The SMILES string of the molecule is CNC(=O)c1sc(C)cc1NC(=O)Nc1ccc(C)cc1.COC(=O)c1sc(C)cc1NC(=O)Nc1ccc(C)cc1.COC(=O)c1sc(C)cc1NC(=O)Nc1ccc(C)cc1.COC(=O)c1sc(C)cc1NC(=O)Nc1nnc(C(F)(F)F)s1.COC(=O)c1sc(CBr)cc1NC(=O)Nc1ccc(C)cc1.Cc1ccc(NC(=O)Nc2cc(C)sc2C)cc1. The van der Waals surface area contributed by atoms with Crippen molar-refractivity contribution in [2.45, 2.75) is 87.7 Å². The number of alkyl halides is 4. The number of aromatic nitrogens is 2. The highest BCUT2D eigenvalue weighted by Gasteiger charge is 2.36. The van der Waals surface area contributed by atoms with Crippen LogP contribution in [0.5, 0.6) is 0 Å². The van der Waals surface area contributed by atoms with Crippen LogP contribution in [0.2, 0.25) is 0 Å². The van der Waals surface area contributed by atoms with E-state index >= 15 is 0 Å². The van der Waals surface area contributed by atoms with Crippen molar-refractivity contribution in [3.8, 4) is 0 Å². The third-order valence-electron chi connectivity index (χ3n) is 16.2. The van der Waals surface area contributed by atoms with E-state index in [0.29, 0.717) is 70.3 Å². The number of benzene rings is 5. The Morgan fingerprint density at radius 2 is 0.563 bits per heavy atom. The summed E-state index contributed by atoms with van der Waals surface area (Å²) in [6, 6.07) is 45.4. The van der Waals surface area contributed by atoms with E-state index in [2.05, 4.69) is 100.0 Å². The molecule has 41 heteroatoms. The second-order valence-electron chi connectivity index (χ2n) is 26.6. The molecule has 12 aromatic rings. The molecule has 664 valence electrons. The van der Waals surface area contributed by atoms with Crippen molar-refractivity contribution >= 4 is 229 Å².